The molecule has 2 N–H and O–H groups in total. The highest BCUT2D eigenvalue weighted by molar-refractivity contribution is 5.87. The van der Waals surface area contributed by atoms with Gasteiger partial charge in [-0.15, -0.1) is 0 Å². The van der Waals surface area contributed by atoms with Crippen LogP contribution in [0.3, 0.4) is 0 Å². The molecule has 0 aromatic heterocycles. The highest BCUT2D eigenvalue weighted by Gasteiger charge is 2.08. The van der Waals surface area contributed by atoms with E-state index in [0.717, 1.165) is 17.7 Å². The lowest BCUT2D eigenvalue weighted by molar-refractivity contribution is -0.121. The summed E-state index contributed by atoms with van der Waals surface area (Å²) in [7, 11) is 1.65. The van der Waals surface area contributed by atoms with Gasteiger partial charge in [-0.1, -0.05) is 31.2 Å². The summed E-state index contributed by atoms with van der Waals surface area (Å²) in [5.74, 6) is 0.255. The molecule has 0 spiro atoms. The SMILES string of the molecule is COc1ccc(C(C)CCNC(=O)CCc2ccc(C(=O)O)cc2)cc1. The number of benzene rings is 2. The smallest absolute Gasteiger partial charge is 0.335 e. The second-order valence-electron chi connectivity index (χ2n) is 6.31. The van der Waals surface area contributed by atoms with Gasteiger partial charge in [-0.2, -0.15) is 0 Å². The zero-order valence-electron chi connectivity index (χ0n) is 15.2. The number of methoxy groups -OCH3 is 1. The molecule has 0 heterocycles. The van der Waals surface area contributed by atoms with Gasteiger partial charge in [-0.3, -0.25) is 4.79 Å². The Labute approximate surface area is 154 Å². The Morgan fingerprint density at radius 2 is 1.73 bits per heavy atom. The lowest BCUT2D eigenvalue weighted by Gasteiger charge is -2.13. The van der Waals surface area contributed by atoms with E-state index in [2.05, 4.69) is 12.2 Å². The summed E-state index contributed by atoms with van der Waals surface area (Å²) >= 11 is 0. The number of carbonyl (C=O) groups excluding carboxylic acids is 1. The van der Waals surface area contributed by atoms with Crippen LogP contribution < -0.4 is 10.1 Å². The van der Waals surface area contributed by atoms with Gasteiger partial charge in [-0.05, 0) is 54.2 Å². The predicted molar refractivity (Wildman–Crippen MR) is 101 cm³/mol. The highest BCUT2D eigenvalue weighted by atomic mass is 16.5. The first-order valence-electron chi connectivity index (χ1n) is 8.72. The summed E-state index contributed by atoms with van der Waals surface area (Å²) in [6, 6.07) is 14.6. The minimum absolute atomic E-state index is 0.00856. The van der Waals surface area contributed by atoms with Crippen molar-refractivity contribution in [3.05, 3.63) is 65.2 Å². The molecule has 2 rings (SSSR count). The highest BCUT2D eigenvalue weighted by Crippen LogP contribution is 2.21. The molecule has 5 heteroatoms. The number of ether oxygens (including phenoxy) is 1. The maximum Gasteiger partial charge on any atom is 0.335 e. The van der Waals surface area contributed by atoms with E-state index in [0.29, 0.717) is 25.3 Å². The first-order chi connectivity index (χ1) is 12.5. The van der Waals surface area contributed by atoms with Crippen LogP contribution in [0.1, 0.15) is 47.2 Å². The van der Waals surface area contributed by atoms with Crippen LogP contribution in [0.2, 0.25) is 0 Å². The number of hydrogen-bond donors (Lipinski definition) is 2. The van der Waals surface area contributed by atoms with Crippen molar-refractivity contribution >= 4 is 11.9 Å². The van der Waals surface area contributed by atoms with Gasteiger partial charge in [-0.25, -0.2) is 4.79 Å². The summed E-state index contributed by atoms with van der Waals surface area (Å²) in [6.45, 7) is 2.77. The van der Waals surface area contributed by atoms with Crippen molar-refractivity contribution in [1.82, 2.24) is 5.32 Å². The van der Waals surface area contributed by atoms with Gasteiger partial charge in [0.25, 0.3) is 0 Å². The third-order valence-corrected chi connectivity index (χ3v) is 4.43. The van der Waals surface area contributed by atoms with Crippen molar-refractivity contribution < 1.29 is 19.4 Å². The molecule has 2 aromatic rings. The van der Waals surface area contributed by atoms with E-state index in [4.69, 9.17) is 9.84 Å². The zero-order valence-corrected chi connectivity index (χ0v) is 15.2. The zero-order chi connectivity index (χ0) is 18.9. The monoisotopic (exact) mass is 355 g/mol. The maximum atomic E-state index is 12.0. The number of carbonyl (C=O) groups is 2. The number of nitrogens with one attached hydrogen (secondary N) is 1. The molecule has 0 aliphatic carbocycles. The number of aryl methyl sites for hydroxylation is 1. The van der Waals surface area contributed by atoms with Crippen LogP contribution in [0.15, 0.2) is 48.5 Å². The van der Waals surface area contributed by atoms with Gasteiger partial charge in [0.05, 0.1) is 12.7 Å². The molecule has 138 valence electrons. The van der Waals surface area contributed by atoms with Crippen LogP contribution in [-0.2, 0) is 11.2 Å². The standard InChI is InChI=1S/C21H25NO4/c1-15(17-8-10-19(26-2)11-9-17)13-14-22-20(23)12-5-16-3-6-18(7-4-16)21(24)25/h3-4,6-11,15H,5,12-14H2,1-2H3,(H,22,23)(H,24,25). The summed E-state index contributed by atoms with van der Waals surface area (Å²) in [6.07, 6.45) is 1.86. The normalized spacial score (nSPS) is 11.6. The van der Waals surface area contributed by atoms with Crippen LogP contribution in [0.25, 0.3) is 0 Å². The van der Waals surface area contributed by atoms with E-state index in [1.165, 1.54) is 5.56 Å². The number of rotatable bonds is 9. The molecular formula is C21H25NO4. The summed E-state index contributed by atoms with van der Waals surface area (Å²) in [5.41, 5.74) is 2.43. The Balaban J connectivity index is 1.70. The third-order valence-electron chi connectivity index (χ3n) is 4.43. The van der Waals surface area contributed by atoms with Crippen LogP contribution in [0, 0.1) is 0 Å². The quantitative estimate of drug-likeness (QED) is 0.720. The molecule has 0 fully saturated rings. The Hall–Kier alpha value is -2.82. The molecule has 0 radical (unpaired) electrons. The number of amides is 1. The van der Waals surface area contributed by atoms with Crippen molar-refractivity contribution in [3.8, 4) is 5.75 Å². The van der Waals surface area contributed by atoms with Crippen LogP contribution in [0.4, 0.5) is 0 Å². The van der Waals surface area contributed by atoms with Gasteiger partial charge in [0.15, 0.2) is 0 Å². The van der Waals surface area contributed by atoms with E-state index < -0.39 is 5.97 Å². The second kappa shape index (κ2) is 9.61. The Kier molecular flexibility index (Phi) is 7.21. The molecule has 0 saturated heterocycles. The topological polar surface area (TPSA) is 75.6 Å². The summed E-state index contributed by atoms with van der Waals surface area (Å²) in [5, 5.41) is 11.8. The van der Waals surface area contributed by atoms with Gasteiger partial charge in [0, 0.05) is 13.0 Å². The first-order valence-corrected chi connectivity index (χ1v) is 8.72. The fourth-order valence-corrected chi connectivity index (χ4v) is 2.69. The van der Waals surface area contributed by atoms with Crippen molar-refractivity contribution in [2.75, 3.05) is 13.7 Å². The Bertz CT molecular complexity index is 723. The lowest BCUT2D eigenvalue weighted by Crippen LogP contribution is -2.25. The maximum absolute atomic E-state index is 12.0. The molecule has 2 aromatic carbocycles. The van der Waals surface area contributed by atoms with E-state index in [-0.39, 0.29) is 11.5 Å². The number of hydrogen-bond acceptors (Lipinski definition) is 3. The van der Waals surface area contributed by atoms with E-state index in [1.54, 1.807) is 31.4 Å². The fraction of sp³-hybridized carbons (Fsp3) is 0.333. The van der Waals surface area contributed by atoms with Gasteiger partial charge in [0.1, 0.15) is 5.75 Å². The molecule has 26 heavy (non-hydrogen) atoms. The van der Waals surface area contributed by atoms with Crippen LogP contribution in [-0.4, -0.2) is 30.6 Å². The van der Waals surface area contributed by atoms with Crippen molar-refractivity contribution in [2.45, 2.75) is 32.1 Å². The summed E-state index contributed by atoms with van der Waals surface area (Å²) < 4.78 is 5.16. The molecule has 5 nitrogen and oxygen atoms in total. The van der Waals surface area contributed by atoms with Crippen molar-refractivity contribution in [1.29, 1.82) is 0 Å². The molecule has 0 aliphatic heterocycles. The molecule has 1 amide bonds. The van der Waals surface area contributed by atoms with E-state index >= 15 is 0 Å². The lowest BCUT2D eigenvalue weighted by atomic mass is 9.98. The molecule has 0 aliphatic rings. The third kappa shape index (κ3) is 5.92. The number of carboxylic acid groups (broad SMARTS) is 1. The van der Waals surface area contributed by atoms with Crippen molar-refractivity contribution in [2.24, 2.45) is 0 Å². The summed E-state index contributed by atoms with van der Waals surface area (Å²) in [4.78, 5) is 22.8. The first kappa shape index (κ1) is 19.5. The molecule has 1 unspecified atom stereocenters. The second-order valence-corrected chi connectivity index (χ2v) is 6.31. The van der Waals surface area contributed by atoms with Gasteiger partial charge < -0.3 is 15.2 Å². The molecule has 0 bridgehead atoms. The van der Waals surface area contributed by atoms with Gasteiger partial charge >= 0.3 is 5.97 Å². The minimum Gasteiger partial charge on any atom is -0.497 e. The van der Waals surface area contributed by atoms with E-state index in [1.807, 2.05) is 24.3 Å². The van der Waals surface area contributed by atoms with Crippen LogP contribution in [0.5, 0.6) is 5.75 Å². The number of aromatic carboxylic acids is 1. The van der Waals surface area contributed by atoms with Gasteiger partial charge in [0.2, 0.25) is 5.91 Å². The number of carboxylic acids is 1. The average Bonchev–Trinajstić information content (AvgIpc) is 2.66. The van der Waals surface area contributed by atoms with Crippen molar-refractivity contribution in [3.63, 3.8) is 0 Å². The minimum atomic E-state index is -0.944. The fourth-order valence-electron chi connectivity index (χ4n) is 2.69. The average molecular weight is 355 g/mol. The largest absolute Gasteiger partial charge is 0.497 e. The molecular weight excluding hydrogens is 330 g/mol. The Morgan fingerprint density at radius 3 is 2.31 bits per heavy atom. The van der Waals surface area contributed by atoms with Crippen LogP contribution >= 0.6 is 0 Å². The molecule has 1 atom stereocenters. The predicted octanol–water partition coefficient (Wildman–Crippen LogP) is 3.64. The Morgan fingerprint density at radius 1 is 1.08 bits per heavy atom. The van der Waals surface area contributed by atoms with E-state index in [9.17, 15) is 9.59 Å². The molecule has 0 saturated carbocycles.